The van der Waals surface area contributed by atoms with E-state index in [1.54, 1.807) is 37.3 Å². The van der Waals surface area contributed by atoms with E-state index < -0.39 is 10.0 Å². The number of hydrogen-bond acceptors (Lipinski definition) is 3. The average Bonchev–Trinajstić information content (AvgIpc) is 2.32. The van der Waals surface area contributed by atoms with Crippen molar-refractivity contribution in [3.8, 4) is 0 Å². The molecular weight excluding hydrogens is 340 g/mol. The normalized spacial score (nSPS) is 11.4. The molecule has 6 heteroatoms. The van der Waals surface area contributed by atoms with Crippen molar-refractivity contribution in [2.75, 3.05) is 4.72 Å². The molecule has 1 aromatic carbocycles. The van der Waals surface area contributed by atoms with Crippen LogP contribution >= 0.6 is 15.9 Å². The molecule has 0 amide bonds. The number of nitrogens with one attached hydrogen (secondary N) is 1. The summed E-state index contributed by atoms with van der Waals surface area (Å²) < 4.78 is 27.9. The maximum atomic E-state index is 12.4. The van der Waals surface area contributed by atoms with Gasteiger partial charge in [0.1, 0.15) is 4.90 Å². The van der Waals surface area contributed by atoms with E-state index in [1.807, 2.05) is 13.8 Å². The SMILES string of the molecule is Cc1ccc(S(=O)(=O)Nc2ccc(C)nc2C)c(Br)c1. The van der Waals surface area contributed by atoms with Crippen LogP contribution in [0.2, 0.25) is 0 Å². The first-order valence-electron chi connectivity index (χ1n) is 6.03. The smallest absolute Gasteiger partial charge is 0.263 e. The Morgan fingerprint density at radius 1 is 1.10 bits per heavy atom. The minimum atomic E-state index is -3.63. The van der Waals surface area contributed by atoms with Gasteiger partial charge in [0.05, 0.1) is 11.4 Å². The monoisotopic (exact) mass is 354 g/mol. The standard InChI is InChI=1S/C14H15BrN2O2S/c1-9-4-7-14(12(15)8-9)20(18,19)17-13-6-5-10(2)16-11(13)3/h4-8,17H,1-3H3. The summed E-state index contributed by atoms with van der Waals surface area (Å²) in [5.74, 6) is 0. The van der Waals surface area contributed by atoms with Crippen molar-refractivity contribution >= 4 is 31.6 Å². The molecule has 0 saturated heterocycles. The first-order valence-corrected chi connectivity index (χ1v) is 8.30. The Bertz CT molecular complexity index is 758. The molecule has 4 nitrogen and oxygen atoms in total. The van der Waals surface area contributed by atoms with E-state index in [0.717, 1.165) is 11.3 Å². The van der Waals surface area contributed by atoms with Crippen LogP contribution in [-0.4, -0.2) is 13.4 Å². The van der Waals surface area contributed by atoms with Crippen LogP contribution in [-0.2, 0) is 10.0 Å². The number of benzene rings is 1. The Morgan fingerprint density at radius 2 is 1.80 bits per heavy atom. The van der Waals surface area contributed by atoms with E-state index in [4.69, 9.17) is 0 Å². The van der Waals surface area contributed by atoms with Crippen LogP contribution in [0.3, 0.4) is 0 Å². The van der Waals surface area contributed by atoms with Gasteiger partial charge in [-0.05, 0) is 66.5 Å². The van der Waals surface area contributed by atoms with Crippen LogP contribution in [0.1, 0.15) is 17.0 Å². The zero-order valence-electron chi connectivity index (χ0n) is 11.4. The molecule has 0 fully saturated rings. The summed E-state index contributed by atoms with van der Waals surface area (Å²) in [6.45, 7) is 5.54. The van der Waals surface area contributed by atoms with Gasteiger partial charge >= 0.3 is 0 Å². The van der Waals surface area contributed by atoms with Gasteiger partial charge in [0.15, 0.2) is 0 Å². The number of aromatic nitrogens is 1. The zero-order valence-corrected chi connectivity index (χ0v) is 13.8. The van der Waals surface area contributed by atoms with Crippen molar-refractivity contribution in [3.05, 3.63) is 51.8 Å². The van der Waals surface area contributed by atoms with Crippen molar-refractivity contribution in [2.45, 2.75) is 25.7 Å². The predicted molar refractivity (Wildman–Crippen MR) is 83.4 cm³/mol. The fraction of sp³-hybridized carbons (Fsp3) is 0.214. The topological polar surface area (TPSA) is 59.1 Å². The molecule has 0 aliphatic carbocycles. The van der Waals surface area contributed by atoms with Gasteiger partial charge in [0, 0.05) is 10.2 Å². The maximum absolute atomic E-state index is 12.4. The highest BCUT2D eigenvalue weighted by Crippen LogP contribution is 2.26. The van der Waals surface area contributed by atoms with Crippen molar-refractivity contribution in [1.29, 1.82) is 0 Å². The summed E-state index contributed by atoms with van der Waals surface area (Å²) in [6, 6.07) is 8.61. The van der Waals surface area contributed by atoms with Crippen LogP contribution in [0.25, 0.3) is 0 Å². The summed E-state index contributed by atoms with van der Waals surface area (Å²) >= 11 is 3.29. The molecule has 1 aromatic heterocycles. The summed E-state index contributed by atoms with van der Waals surface area (Å²) in [5.41, 5.74) is 2.98. The first kappa shape index (κ1) is 15.0. The Hall–Kier alpha value is -1.40. The van der Waals surface area contributed by atoms with E-state index in [2.05, 4.69) is 25.6 Å². The molecule has 2 rings (SSSR count). The molecule has 0 aliphatic heterocycles. The second-order valence-corrected chi connectivity index (χ2v) is 7.13. The van der Waals surface area contributed by atoms with Gasteiger partial charge in [-0.15, -0.1) is 0 Å². The van der Waals surface area contributed by atoms with Crippen LogP contribution in [0.5, 0.6) is 0 Å². The number of aryl methyl sites for hydroxylation is 3. The van der Waals surface area contributed by atoms with Gasteiger partial charge in [-0.1, -0.05) is 6.07 Å². The van der Waals surface area contributed by atoms with Gasteiger partial charge < -0.3 is 0 Å². The number of nitrogens with zero attached hydrogens (tertiary/aromatic N) is 1. The Morgan fingerprint density at radius 3 is 2.40 bits per heavy atom. The van der Waals surface area contributed by atoms with Crippen molar-refractivity contribution < 1.29 is 8.42 Å². The highest BCUT2D eigenvalue weighted by atomic mass is 79.9. The summed E-state index contributed by atoms with van der Waals surface area (Å²) in [6.07, 6.45) is 0. The molecule has 20 heavy (non-hydrogen) atoms. The number of pyridine rings is 1. The number of anilines is 1. The van der Waals surface area contributed by atoms with Crippen LogP contribution in [0.15, 0.2) is 39.7 Å². The van der Waals surface area contributed by atoms with E-state index in [0.29, 0.717) is 15.9 Å². The maximum Gasteiger partial charge on any atom is 0.263 e. The lowest BCUT2D eigenvalue weighted by molar-refractivity contribution is 0.600. The lowest BCUT2D eigenvalue weighted by Crippen LogP contribution is -2.15. The molecule has 106 valence electrons. The minimum Gasteiger partial charge on any atom is -0.278 e. The second kappa shape index (κ2) is 5.54. The largest absolute Gasteiger partial charge is 0.278 e. The number of sulfonamides is 1. The minimum absolute atomic E-state index is 0.211. The molecule has 0 radical (unpaired) electrons. The zero-order chi connectivity index (χ0) is 14.9. The molecule has 0 atom stereocenters. The van der Waals surface area contributed by atoms with Crippen molar-refractivity contribution in [3.63, 3.8) is 0 Å². The quantitative estimate of drug-likeness (QED) is 0.916. The van der Waals surface area contributed by atoms with Crippen molar-refractivity contribution in [1.82, 2.24) is 4.98 Å². The predicted octanol–water partition coefficient (Wildman–Crippen LogP) is 3.57. The van der Waals surface area contributed by atoms with Crippen LogP contribution in [0.4, 0.5) is 5.69 Å². The molecule has 1 N–H and O–H groups in total. The number of rotatable bonds is 3. The average molecular weight is 355 g/mol. The number of hydrogen-bond donors (Lipinski definition) is 1. The molecule has 0 saturated carbocycles. The fourth-order valence-electron chi connectivity index (χ4n) is 1.82. The molecule has 0 bridgehead atoms. The molecule has 1 heterocycles. The molecule has 0 aliphatic rings. The molecule has 2 aromatic rings. The Kier molecular flexibility index (Phi) is 4.15. The number of halogens is 1. The van der Waals surface area contributed by atoms with Crippen LogP contribution < -0.4 is 4.72 Å². The highest BCUT2D eigenvalue weighted by Gasteiger charge is 2.18. The van der Waals surface area contributed by atoms with Gasteiger partial charge in [-0.25, -0.2) is 8.42 Å². The Labute approximate surface area is 127 Å². The third-order valence-electron chi connectivity index (χ3n) is 2.85. The summed E-state index contributed by atoms with van der Waals surface area (Å²) in [5, 5.41) is 0. The summed E-state index contributed by atoms with van der Waals surface area (Å²) in [4.78, 5) is 4.46. The van der Waals surface area contributed by atoms with E-state index >= 15 is 0 Å². The summed E-state index contributed by atoms with van der Waals surface area (Å²) in [7, 11) is -3.63. The lowest BCUT2D eigenvalue weighted by Gasteiger charge is -2.12. The van der Waals surface area contributed by atoms with Gasteiger partial charge in [0.25, 0.3) is 10.0 Å². The lowest BCUT2D eigenvalue weighted by atomic mass is 10.2. The third-order valence-corrected chi connectivity index (χ3v) is 5.19. The van der Waals surface area contributed by atoms with Gasteiger partial charge in [-0.3, -0.25) is 9.71 Å². The molecular formula is C14H15BrN2O2S. The van der Waals surface area contributed by atoms with Gasteiger partial charge in [-0.2, -0.15) is 0 Å². The van der Waals surface area contributed by atoms with E-state index in [-0.39, 0.29) is 4.90 Å². The second-order valence-electron chi connectivity index (χ2n) is 4.62. The van der Waals surface area contributed by atoms with Crippen LogP contribution in [0, 0.1) is 20.8 Å². The molecule has 0 unspecified atom stereocenters. The van der Waals surface area contributed by atoms with E-state index in [9.17, 15) is 8.42 Å². The van der Waals surface area contributed by atoms with E-state index in [1.165, 1.54) is 0 Å². The fourth-order valence-corrected chi connectivity index (χ4v) is 4.13. The van der Waals surface area contributed by atoms with Crippen molar-refractivity contribution in [2.24, 2.45) is 0 Å². The first-order chi connectivity index (χ1) is 9.29. The van der Waals surface area contributed by atoms with Gasteiger partial charge in [0.2, 0.25) is 0 Å². The molecule has 0 spiro atoms. The highest BCUT2D eigenvalue weighted by molar-refractivity contribution is 9.10. The third kappa shape index (κ3) is 3.19. The Balaban J connectivity index is 2.41.